The van der Waals surface area contributed by atoms with Crippen molar-refractivity contribution in [2.75, 3.05) is 13.2 Å². The first-order valence-corrected chi connectivity index (χ1v) is 10.6. The number of hydrogen-bond donors (Lipinski definition) is 2. The van der Waals surface area contributed by atoms with Crippen molar-refractivity contribution in [1.29, 1.82) is 0 Å². The summed E-state index contributed by atoms with van der Waals surface area (Å²) >= 11 is 5.98. The zero-order valence-corrected chi connectivity index (χ0v) is 18.9. The third-order valence-corrected chi connectivity index (χ3v) is 5.22. The van der Waals surface area contributed by atoms with Crippen LogP contribution < -0.4 is 14.8 Å². The average molecular weight is 536 g/mol. The summed E-state index contributed by atoms with van der Waals surface area (Å²) in [6.45, 7) is -0.762. The predicted octanol–water partition coefficient (Wildman–Crippen LogP) is 5.94. The van der Waals surface area contributed by atoms with Gasteiger partial charge < -0.3 is 19.9 Å². The minimum Gasteiger partial charge on any atom is -0.487 e. The summed E-state index contributed by atoms with van der Waals surface area (Å²) in [5.41, 5.74) is 0.544. The maximum Gasteiger partial charge on any atom is 0.573 e. The van der Waals surface area contributed by atoms with E-state index in [-0.39, 0.29) is 11.3 Å². The van der Waals surface area contributed by atoms with Gasteiger partial charge in [-0.3, -0.25) is 0 Å². The summed E-state index contributed by atoms with van der Waals surface area (Å²) < 4.78 is 114. The molecule has 0 amide bonds. The van der Waals surface area contributed by atoms with E-state index in [1.54, 1.807) is 6.92 Å². The second-order valence-corrected chi connectivity index (χ2v) is 7.98. The van der Waals surface area contributed by atoms with Crippen molar-refractivity contribution in [2.45, 2.75) is 50.4 Å². The molecule has 0 heterocycles. The Morgan fingerprint density at radius 3 is 2.26 bits per heavy atom. The van der Waals surface area contributed by atoms with E-state index in [9.17, 15) is 31.4 Å². The number of hydrogen-bond acceptors (Lipinski definition) is 4. The fourth-order valence-electron chi connectivity index (χ4n) is 3.04. The molecule has 0 saturated carbocycles. The van der Waals surface area contributed by atoms with Gasteiger partial charge in [-0.25, -0.2) is 8.78 Å². The van der Waals surface area contributed by atoms with E-state index in [4.69, 9.17) is 16.3 Å². The standard InChI is InChI=1S/C22H22ClF8NO3/c1-2-14-10-15(6-7-17(14)23)34-12-20(24,25)18(32-11-19(33)21(26,27)28)9-13-4-3-5-16(8-13)35-22(29,30)31/h3-8,10,18-19,32-33H,2,9,11-12H2,1H3. The first kappa shape index (κ1) is 28.9. The highest BCUT2D eigenvalue weighted by molar-refractivity contribution is 6.31. The Morgan fingerprint density at radius 2 is 1.66 bits per heavy atom. The van der Waals surface area contributed by atoms with Crippen molar-refractivity contribution in [3.05, 3.63) is 58.6 Å². The van der Waals surface area contributed by atoms with Crippen LogP contribution in [0.4, 0.5) is 35.1 Å². The van der Waals surface area contributed by atoms with Crippen LogP contribution in [0, 0.1) is 0 Å². The molecule has 35 heavy (non-hydrogen) atoms. The van der Waals surface area contributed by atoms with Gasteiger partial charge in [-0.15, -0.1) is 13.2 Å². The first-order valence-electron chi connectivity index (χ1n) is 10.2. The number of nitrogens with one attached hydrogen (secondary N) is 1. The minimum absolute atomic E-state index is 0.0422. The van der Waals surface area contributed by atoms with Gasteiger partial charge in [-0.05, 0) is 54.3 Å². The summed E-state index contributed by atoms with van der Waals surface area (Å²) in [5.74, 6) is -4.45. The van der Waals surface area contributed by atoms with Crippen molar-refractivity contribution in [3.63, 3.8) is 0 Å². The molecule has 2 aromatic rings. The Kier molecular flexibility index (Phi) is 9.60. The smallest absolute Gasteiger partial charge is 0.487 e. The van der Waals surface area contributed by atoms with E-state index in [0.717, 1.165) is 18.2 Å². The Balaban J connectivity index is 2.22. The molecule has 2 unspecified atom stereocenters. The van der Waals surface area contributed by atoms with Gasteiger partial charge >= 0.3 is 12.5 Å². The Labute approximate surface area is 200 Å². The van der Waals surface area contributed by atoms with Gasteiger partial charge in [0.1, 0.15) is 11.5 Å². The van der Waals surface area contributed by atoms with Gasteiger partial charge in [0.05, 0.1) is 6.04 Å². The van der Waals surface area contributed by atoms with E-state index in [1.807, 2.05) is 5.32 Å². The van der Waals surface area contributed by atoms with Crippen molar-refractivity contribution >= 4 is 11.6 Å². The van der Waals surface area contributed by atoms with Crippen molar-refractivity contribution in [3.8, 4) is 11.5 Å². The molecule has 0 fully saturated rings. The number of aryl methyl sites for hydroxylation is 1. The molecule has 196 valence electrons. The van der Waals surface area contributed by atoms with Crippen LogP contribution >= 0.6 is 11.6 Å². The predicted molar refractivity (Wildman–Crippen MR) is 112 cm³/mol. The maximum absolute atomic E-state index is 15.1. The topological polar surface area (TPSA) is 50.7 Å². The lowest BCUT2D eigenvalue weighted by molar-refractivity contribution is -0.274. The molecule has 2 aromatic carbocycles. The fourth-order valence-corrected chi connectivity index (χ4v) is 3.29. The highest BCUT2D eigenvalue weighted by atomic mass is 35.5. The summed E-state index contributed by atoms with van der Waals surface area (Å²) in [4.78, 5) is 0. The first-order chi connectivity index (χ1) is 16.1. The second kappa shape index (κ2) is 11.6. The normalized spacial score (nSPS) is 14.5. The molecule has 13 heteroatoms. The summed E-state index contributed by atoms with van der Waals surface area (Å²) in [7, 11) is 0. The van der Waals surface area contributed by atoms with Crippen molar-refractivity contribution < 1.29 is 49.7 Å². The van der Waals surface area contributed by atoms with Gasteiger partial charge in [-0.2, -0.15) is 13.2 Å². The molecule has 0 bridgehead atoms. The molecule has 0 spiro atoms. The zero-order valence-electron chi connectivity index (χ0n) is 18.2. The quantitative estimate of drug-likeness (QED) is 0.350. The number of ether oxygens (including phenoxy) is 2. The monoisotopic (exact) mass is 535 g/mol. The maximum atomic E-state index is 15.1. The average Bonchev–Trinajstić information content (AvgIpc) is 2.74. The third-order valence-electron chi connectivity index (χ3n) is 4.85. The molecule has 0 aliphatic heterocycles. The fraction of sp³-hybridized carbons (Fsp3) is 0.455. The van der Waals surface area contributed by atoms with Crippen LogP contribution in [0.15, 0.2) is 42.5 Å². The molecule has 0 radical (unpaired) electrons. The minimum atomic E-state index is -5.07. The SMILES string of the molecule is CCc1cc(OCC(F)(F)C(Cc2cccc(OC(F)(F)F)c2)NCC(O)C(F)(F)F)ccc1Cl. The molecular weight excluding hydrogens is 514 g/mol. The molecule has 0 aliphatic carbocycles. The number of benzene rings is 2. The van der Waals surface area contributed by atoms with Crippen molar-refractivity contribution in [2.24, 2.45) is 0 Å². The molecule has 0 saturated heterocycles. The number of alkyl halides is 8. The van der Waals surface area contributed by atoms with E-state index in [0.29, 0.717) is 17.0 Å². The van der Waals surface area contributed by atoms with E-state index in [1.165, 1.54) is 24.3 Å². The summed E-state index contributed by atoms with van der Waals surface area (Å²) in [6.07, 6.45) is -13.2. The summed E-state index contributed by atoms with van der Waals surface area (Å²) in [6, 6.07) is 6.28. The van der Waals surface area contributed by atoms with Gasteiger partial charge in [0, 0.05) is 11.6 Å². The molecule has 4 nitrogen and oxygen atoms in total. The Hall–Kier alpha value is -2.31. The molecule has 0 aromatic heterocycles. The van der Waals surface area contributed by atoms with Gasteiger partial charge in [0.25, 0.3) is 5.92 Å². The Morgan fingerprint density at radius 1 is 0.971 bits per heavy atom. The van der Waals surface area contributed by atoms with Crippen LogP contribution in [-0.4, -0.2) is 48.9 Å². The molecule has 0 aliphatic rings. The van der Waals surface area contributed by atoms with E-state index >= 15 is 8.78 Å². The number of rotatable bonds is 11. The zero-order chi connectivity index (χ0) is 26.4. The van der Waals surface area contributed by atoms with Crippen LogP contribution in [0.25, 0.3) is 0 Å². The van der Waals surface area contributed by atoms with Crippen LogP contribution in [0.1, 0.15) is 18.1 Å². The number of aliphatic hydroxyl groups excluding tert-OH is 1. The lowest BCUT2D eigenvalue weighted by Gasteiger charge is -2.29. The van der Waals surface area contributed by atoms with E-state index in [2.05, 4.69) is 4.74 Å². The number of aliphatic hydroxyl groups is 1. The van der Waals surface area contributed by atoms with Gasteiger partial charge in [0.15, 0.2) is 12.7 Å². The van der Waals surface area contributed by atoms with Gasteiger partial charge in [-0.1, -0.05) is 30.7 Å². The largest absolute Gasteiger partial charge is 0.573 e. The highest BCUT2D eigenvalue weighted by Crippen LogP contribution is 2.29. The van der Waals surface area contributed by atoms with Crippen molar-refractivity contribution in [1.82, 2.24) is 5.32 Å². The van der Waals surface area contributed by atoms with Crippen LogP contribution in [-0.2, 0) is 12.8 Å². The van der Waals surface area contributed by atoms with Crippen LogP contribution in [0.5, 0.6) is 11.5 Å². The Bertz CT molecular complexity index is 968. The summed E-state index contributed by atoms with van der Waals surface area (Å²) in [5, 5.41) is 11.6. The molecule has 2 rings (SSSR count). The van der Waals surface area contributed by atoms with Gasteiger partial charge in [0.2, 0.25) is 0 Å². The lowest BCUT2D eigenvalue weighted by atomic mass is 10.00. The lowest BCUT2D eigenvalue weighted by Crippen LogP contribution is -2.53. The third kappa shape index (κ3) is 9.34. The molecule has 2 N–H and O–H groups in total. The molecule has 2 atom stereocenters. The second-order valence-electron chi connectivity index (χ2n) is 7.57. The van der Waals surface area contributed by atoms with E-state index < -0.39 is 55.9 Å². The highest BCUT2D eigenvalue weighted by Gasteiger charge is 2.43. The van der Waals surface area contributed by atoms with Crippen LogP contribution in [0.3, 0.4) is 0 Å². The number of halogens is 9. The van der Waals surface area contributed by atoms with Crippen LogP contribution in [0.2, 0.25) is 5.02 Å². The molecular formula is C22H22ClF8NO3.